The van der Waals surface area contributed by atoms with E-state index in [9.17, 15) is 0 Å². The van der Waals surface area contributed by atoms with E-state index in [-0.39, 0.29) is 0 Å². The molecule has 1 aromatic rings. The minimum Gasteiger partial charge on any atom is -0.383 e. The molecule has 1 aromatic heterocycles. The molecule has 1 N–H and O–H groups in total. The Hall–Kier alpha value is -1.36. The highest BCUT2D eigenvalue weighted by molar-refractivity contribution is 5.49. The van der Waals surface area contributed by atoms with Gasteiger partial charge in [0.1, 0.15) is 18.0 Å². The predicted molar refractivity (Wildman–Crippen MR) is 84.4 cm³/mol. The van der Waals surface area contributed by atoms with Crippen molar-refractivity contribution in [2.45, 2.75) is 46.1 Å². The van der Waals surface area contributed by atoms with Crippen molar-refractivity contribution in [3.05, 3.63) is 12.4 Å². The Morgan fingerprint density at radius 1 is 1.25 bits per heavy atom. The quantitative estimate of drug-likeness (QED) is 0.714. The fraction of sp³-hybridized carbons (Fsp3) is 0.733. The molecule has 0 fully saturated rings. The molecule has 0 atom stereocenters. The molecule has 0 aliphatic carbocycles. The van der Waals surface area contributed by atoms with Crippen LogP contribution in [0.2, 0.25) is 0 Å². The lowest BCUT2D eigenvalue weighted by Crippen LogP contribution is -2.37. The molecular weight excluding hydrogens is 252 g/mol. The van der Waals surface area contributed by atoms with E-state index >= 15 is 0 Å². The second-order valence-electron chi connectivity index (χ2n) is 4.84. The van der Waals surface area contributed by atoms with E-state index in [1.807, 2.05) is 6.07 Å². The zero-order valence-electron chi connectivity index (χ0n) is 13.2. The van der Waals surface area contributed by atoms with Crippen LogP contribution >= 0.6 is 0 Å². The topological polar surface area (TPSA) is 50.3 Å². The van der Waals surface area contributed by atoms with Gasteiger partial charge < -0.3 is 15.0 Å². The van der Waals surface area contributed by atoms with Crippen molar-refractivity contribution in [1.82, 2.24) is 9.97 Å². The van der Waals surface area contributed by atoms with E-state index < -0.39 is 0 Å². The Kier molecular flexibility index (Phi) is 7.95. The maximum Gasteiger partial charge on any atom is 0.134 e. The van der Waals surface area contributed by atoms with E-state index in [0.717, 1.165) is 44.0 Å². The standard InChI is InChI=1S/C15H28N4O/c1-5-8-16-14-11-15(18-12-17-14)19(9-10-20-4)13(6-2)7-3/h11-13H,5-10H2,1-4H3,(H,16,17,18). The molecule has 0 radical (unpaired) electrons. The van der Waals surface area contributed by atoms with Gasteiger partial charge in [-0.15, -0.1) is 0 Å². The summed E-state index contributed by atoms with van der Waals surface area (Å²) in [5.41, 5.74) is 0. The molecule has 0 aliphatic heterocycles. The van der Waals surface area contributed by atoms with Gasteiger partial charge in [0.2, 0.25) is 0 Å². The van der Waals surface area contributed by atoms with Crippen LogP contribution in [-0.2, 0) is 4.74 Å². The van der Waals surface area contributed by atoms with Crippen molar-refractivity contribution >= 4 is 11.6 Å². The Morgan fingerprint density at radius 3 is 2.60 bits per heavy atom. The van der Waals surface area contributed by atoms with Crippen molar-refractivity contribution in [3.63, 3.8) is 0 Å². The first-order valence-corrected chi connectivity index (χ1v) is 7.58. The molecule has 0 unspecified atom stereocenters. The van der Waals surface area contributed by atoms with Crippen LogP contribution < -0.4 is 10.2 Å². The van der Waals surface area contributed by atoms with Gasteiger partial charge in [0, 0.05) is 32.3 Å². The van der Waals surface area contributed by atoms with Crippen LogP contribution in [0.1, 0.15) is 40.0 Å². The third-order valence-corrected chi connectivity index (χ3v) is 3.42. The Balaban J connectivity index is 2.87. The highest BCUT2D eigenvalue weighted by Gasteiger charge is 2.17. The minimum absolute atomic E-state index is 0.485. The number of ether oxygens (including phenoxy) is 1. The number of nitrogens with one attached hydrogen (secondary N) is 1. The summed E-state index contributed by atoms with van der Waals surface area (Å²) in [6, 6.07) is 2.52. The molecular formula is C15H28N4O. The first-order chi connectivity index (χ1) is 9.76. The van der Waals surface area contributed by atoms with Gasteiger partial charge in [0.25, 0.3) is 0 Å². The van der Waals surface area contributed by atoms with Crippen molar-refractivity contribution in [2.24, 2.45) is 0 Å². The van der Waals surface area contributed by atoms with Gasteiger partial charge in [0.05, 0.1) is 6.61 Å². The maximum atomic E-state index is 5.23. The smallest absolute Gasteiger partial charge is 0.134 e. The molecule has 0 spiro atoms. The molecule has 20 heavy (non-hydrogen) atoms. The highest BCUT2D eigenvalue weighted by atomic mass is 16.5. The van der Waals surface area contributed by atoms with Crippen LogP contribution in [0.15, 0.2) is 12.4 Å². The second kappa shape index (κ2) is 9.53. The van der Waals surface area contributed by atoms with Gasteiger partial charge >= 0.3 is 0 Å². The lowest BCUT2D eigenvalue weighted by atomic mass is 10.1. The third kappa shape index (κ3) is 4.96. The maximum absolute atomic E-state index is 5.23. The molecule has 0 aromatic carbocycles. The zero-order chi connectivity index (χ0) is 14.8. The van der Waals surface area contributed by atoms with Crippen LogP contribution in [0.4, 0.5) is 11.6 Å². The van der Waals surface area contributed by atoms with E-state index in [0.29, 0.717) is 12.6 Å². The fourth-order valence-corrected chi connectivity index (χ4v) is 2.26. The van der Waals surface area contributed by atoms with Crippen molar-refractivity contribution < 1.29 is 4.74 Å². The van der Waals surface area contributed by atoms with Gasteiger partial charge in [-0.3, -0.25) is 0 Å². The Bertz CT molecular complexity index is 369. The Labute approximate surface area is 122 Å². The average Bonchev–Trinajstić information content (AvgIpc) is 2.49. The molecule has 0 aliphatic rings. The molecule has 1 heterocycles. The molecule has 0 bridgehead atoms. The normalized spacial score (nSPS) is 10.8. The van der Waals surface area contributed by atoms with E-state index in [4.69, 9.17) is 4.74 Å². The lowest BCUT2D eigenvalue weighted by molar-refractivity contribution is 0.202. The molecule has 0 saturated carbocycles. The van der Waals surface area contributed by atoms with Gasteiger partial charge in [0.15, 0.2) is 0 Å². The van der Waals surface area contributed by atoms with Gasteiger partial charge in [-0.1, -0.05) is 20.8 Å². The second-order valence-corrected chi connectivity index (χ2v) is 4.84. The van der Waals surface area contributed by atoms with E-state index in [1.165, 1.54) is 0 Å². The predicted octanol–water partition coefficient (Wildman–Crippen LogP) is 2.94. The zero-order valence-corrected chi connectivity index (χ0v) is 13.2. The number of rotatable bonds is 10. The van der Waals surface area contributed by atoms with Gasteiger partial charge in [-0.2, -0.15) is 0 Å². The van der Waals surface area contributed by atoms with Crippen molar-refractivity contribution in [1.29, 1.82) is 0 Å². The monoisotopic (exact) mass is 280 g/mol. The highest BCUT2D eigenvalue weighted by Crippen LogP contribution is 2.19. The number of hydrogen-bond acceptors (Lipinski definition) is 5. The van der Waals surface area contributed by atoms with Crippen LogP contribution in [0.5, 0.6) is 0 Å². The summed E-state index contributed by atoms with van der Waals surface area (Å²) in [7, 11) is 1.74. The largest absolute Gasteiger partial charge is 0.383 e. The summed E-state index contributed by atoms with van der Waals surface area (Å²) in [6.45, 7) is 9.06. The first-order valence-electron chi connectivity index (χ1n) is 7.58. The summed E-state index contributed by atoms with van der Waals surface area (Å²) in [4.78, 5) is 11.0. The van der Waals surface area contributed by atoms with Crippen molar-refractivity contribution in [3.8, 4) is 0 Å². The van der Waals surface area contributed by atoms with Gasteiger partial charge in [-0.05, 0) is 19.3 Å². The molecule has 5 nitrogen and oxygen atoms in total. The van der Waals surface area contributed by atoms with Crippen LogP contribution in [-0.4, -0.2) is 42.8 Å². The first kappa shape index (κ1) is 16.7. The van der Waals surface area contributed by atoms with Gasteiger partial charge in [-0.25, -0.2) is 9.97 Å². The molecule has 114 valence electrons. The lowest BCUT2D eigenvalue weighted by Gasteiger charge is -2.31. The number of nitrogens with zero attached hydrogens (tertiary/aromatic N) is 3. The fourth-order valence-electron chi connectivity index (χ4n) is 2.26. The van der Waals surface area contributed by atoms with Crippen LogP contribution in [0, 0.1) is 0 Å². The molecule has 0 saturated heterocycles. The van der Waals surface area contributed by atoms with Crippen LogP contribution in [0.3, 0.4) is 0 Å². The summed E-state index contributed by atoms with van der Waals surface area (Å²) in [5.74, 6) is 1.87. The number of methoxy groups -OCH3 is 1. The number of anilines is 2. The Morgan fingerprint density at radius 2 is 2.00 bits per heavy atom. The third-order valence-electron chi connectivity index (χ3n) is 3.42. The number of hydrogen-bond donors (Lipinski definition) is 1. The van der Waals surface area contributed by atoms with E-state index in [2.05, 4.69) is 41.0 Å². The van der Waals surface area contributed by atoms with E-state index in [1.54, 1.807) is 13.4 Å². The molecule has 0 amide bonds. The molecule has 1 rings (SSSR count). The van der Waals surface area contributed by atoms with Crippen molar-refractivity contribution in [2.75, 3.05) is 37.0 Å². The summed E-state index contributed by atoms with van der Waals surface area (Å²) >= 11 is 0. The minimum atomic E-state index is 0.485. The average molecular weight is 280 g/mol. The summed E-state index contributed by atoms with van der Waals surface area (Å²) in [5, 5.41) is 3.31. The summed E-state index contributed by atoms with van der Waals surface area (Å²) < 4.78 is 5.23. The summed E-state index contributed by atoms with van der Waals surface area (Å²) in [6.07, 6.45) is 4.92. The molecule has 5 heteroatoms. The van der Waals surface area contributed by atoms with Crippen LogP contribution in [0.25, 0.3) is 0 Å². The number of aromatic nitrogens is 2. The SMILES string of the molecule is CCCNc1cc(N(CCOC)C(CC)CC)ncn1.